The molecule has 0 N–H and O–H groups in total. The van der Waals surface area contributed by atoms with Crippen molar-refractivity contribution in [3.63, 3.8) is 0 Å². The van der Waals surface area contributed by atoms with E-state index in [1.54, 1.807) is 0 Å². The van der Waals surface area contributed by atoms with Crippen molar-refractivity contribution in [3.05, 3.63) is 35.9 Å². The third-order valence-corrected chi connectivity index (χ3v) is 4.60. The highest BCUT2D eigenvalue weighted by Gasteiger charge is 2.29. The van der Waals surface area contributed by atoms with E-state index >= 15 is 0 Å². The van der Waals surface area contributed by atoms with Gasteiger partial charge in [0.25, 0.3) is 0 Å². The topological polar surface area (TPSA) is 3.24 Å². The predicted octanol–water partition coefficient (Wildman–Crippen LogP) is 4.09. The molecule has 0 bridgehead atoms. The van der Waals surface area contributed by atoms with Crippen LogP contribution >= 0.6 is 11.6 Å². The van der Waals surface area contributed by atoms with Gasteiger partial charge < -0.3 is 0 Å². The molecular formula is C15H22ClN. The van der Waals surface area contributed by atoms with Crippen LogP contribution < -0.4 is 0 Å². The Balaban J connectivity index is 2.03. The van der Waals surface area contributed by atoms with Crippen molar-refractivity contribution in [1.82, 2.24) is 4.90 Å². The van der Waals surface area contributed by atoms with E-state index in [2.05, 4.69) is 49.1 Å². The van der Waals surface area contributed by atoms with E-state index in [1.165, 1.54) is 12.0 Å². The standard InChI is InChI=1S/C15H22ClN/c1-3-13-11-17(10-9-15(13)16)12(2)14-7-5-4-6-8-14/h4-8,12-13,15H,3,9-11H2,1-2H3/t12-,13-,15-/m0/s1. The van der Waals surface area contributed by atoms with Crippen LogP contribution in [0, 0.1) is 5.92 Å². The zero-order valence-electron chi connectivity index (χ0n) is 10.8. The molecule has 1 aromatic carbocycles. The first kappa shape index (κ1) is 12.9. The van der Waals surface area contributed by atoms with Gasteiger partial charge in [-0.05, 0) is 24.8 Å². The van der Waals surface area contributed by atoms with Crippen molar-refractivity contribution in [2.24, 2.45) is 5.92 Å². The summed E-state index contributed by atoms with van der Waals surface area (Å²) in [4.78, 5) is 2.57. The first-order valence-corrected chi connectivity index (χ1v) is 7.09. The number of rotatable bonds is 3. The van der Waals surface area contributed by atoms with Crippen LogP contribution in [0.1, 0.15) is 38.3 Å². The summed E-state index contributed by atoms with van der Waals surface area (Å²) in [6.45, 7) is 6.81. The fourth-order valence-corrected chi connectivity index (χ4v) is 3.07. The number of alkyl halides is 1. The third-order valence-electron chi connectivity index (χ3n) is 4.03. The number of hydrogen-bond donors (Lipinski definition) is 0. The molecule has 1 aromatic rings. The second-order valence-corrected chi connectivity index (χ2v) is 5.62. The van der Waals surface area contributed by atoms with Crippen LogP contribution in [0.3, 0.4) is 0 Å². The van der Waals surface area contributed by atoms with Gasteiger partial charge >= 0.3 is 0 Å². The SMILES string of the molecule is CC[C@H]1CN([C@@H](C)c2ccccc2)CC[C@@H]1Cl. The van der Waals surface area contributed by atoms with Crippen LogP contribution in [0.2, 0.25) is 0 Å². The first-order chi connectivity index (χ1) is 8.22. The lowest BCUT2D eigenvalue weighted by Crippen LogP contribution is -2.42. The average Bonchev–Trinajstić information content (AvgIpc) is 2.39. The molecule has 1 aliphatic rings. The zero-order valence-corrected chi connectivity index (χ0v) is 11.5. The monoisotopic (exact) mass is 251 g/mol. The van der Waals surface area contributed by atoms with Crippen LogP contribution in [0.4, 0.5) is 0 Å². The number of likely N-dealkylation sites (tertiary alicyclic amines) is 1. The zero-order chi connectivity index (χ0) is 12.3. The van der Waals surface area contributed by atoms with Gasteiger partial charge in [-0.15, -0.1) is 11.6 Å². The Labute approximate surface area is 110 Å². The summed E-state index contributed by atoms with van der Waals surface area (Å²) in [7, 11) is 0. The number of benzene rings is 1. The summed E-state index contributed by atoms with van der Waals surface area (Å²) in [6.07, 6.45) is 2.31. The molecule has 0 aliphatic carbocycles. The summed E-state index contributed by atoms with van der Waals surface area (Å²) < 4.78 is 0. The fraction of sp³-hybridized carbons (Fsp3) is 0.600. The Morgan fingerprint density at radius 1 is 1.35 bits per heavy atom. The molecule has 2 heteroatoms. The summed E-state index contributed by atoms with van der Waals surface area (Å²) in [5.74, 6) is 0.650. The van der Waals surface area contributed by atoms with Gasteiger partial charge in [-0.2, -0.15) is 0 Å². The Hall–Kier alpha value is -0.530. The van der Waals surface area contributed by atoms with Gasteiger partial charge in [0, 0.05) is 24.5 Å². The van der Waals surface area contributed by atoms with E-state index in [-0.39, 0.29) is 0 Å². The van der Waals surface area contributed by atoms with Crippen LogP contribution in [0.15, 0.2) is 30.3 Å². The van der Waals surface area contributed by atoms with E-state index in [9.17, 15) is 0 Å². The summed E-state index contributed by atoms with van der Waals surface area (Å²) >= 11 is 6.37. The van der Waals surface area contributed by atoms with Gasteiger partial charge in [0.1, 0.15) is 0 Å². The van der Waals surface area contributed by atoms with Crippen molar-refractivity contribution in [1.29, 1.82) is 0 Å². The van der Waals surface area contributed by atoms with Gasteiger partial charge in [-0.1, -0.05) is 43.7 Å². The molecule has 0 unspecified atom stereocenters. The van der Waals surface area contributed by atoms with Crippen molar-refractivity contribution < 1.29 is 0 Å². The second-order valence-electron chi connectivity index (χ2n) is 5.05. The molecule has 0 amide bonds. The largest absolute Gasteiger partial charge is 0.296 e. The summed E-state index contributed by atoms with van der Waals surface area (Å²) in [6, 6.07) is 11.3. The Morgan fingerprint density at radius 2 is 2.06 bits per heavy atom. The Morgan fingerprint density at radius 3 is 2.71 bits per heavy atom. The molecule has 0 aromatic heterocycles. The fourth-order valence-electron chi connectivity index (χ4n) is 2.71. The lowest BCUT2D eigenvalue weighted by Gasteiger charge is -2.39. The average molecular weight is 252 g/mol. The maximum absolute atomic E-state index is 6.37. The Bertz CT molecular complexity index is 338. The van der Waals surface area contributed by atoms with Gasteiger partial charge in [0.15, 0.2) is 0 Å². The predicted molar refractivity (Wildman–Crippen MR) is 74.5 cm³/mol. The third kappa shape index (κ3) is 3.02. The van der Waals surface area contributed by atoms with Crippen LogP contribution in [-0.2, 0) is 0 Å². The van der Waals surface area contributed by atoms with Crippen molar-refractivity contribution in [2.75, 3.05) is 13.1 Å². The van der Waals surface area contributed by atoms with Crippen LogP contribution in [0.5, 0.6) is 0 Å². The van der Waals surface area contributed by atoms with Crippen molar-refractivity contribution in [3.8, 4) is 0 Å². The molecule has 1 nitrogen and oxygen atoms in total. The maximum atomic E-state index is 6.37. The van der Waals surface area contributed by atoms with Gasteiger partial charge in [0.2, 0.25) is 0 Å². The van der Waals surface area contributed by atoms with Gasteiger partial charge in [-0.3, -0.25) is 4.90 Å². The summed E-state index contributed by atoms with van der Waals surface area (Å²) in [5.41, 5.74) is 1.41. The van der Waals surface area contributed by atoms with E-state index in [4.69, 9.17) is 11.6 Å². The second kappa shape index (κ2) is 5.88. The highest BCUT2D eigenvalue weighted by molar-refractivity contribution is 6.20. The molecular weight excluding hydrogens is 230 g/mol. The molecule has 1 heterocycles. The van der Waals surface area contributed by atoms with Crippen LogP contribution in [0.25, 0.3) is 0 Å². The van der Waals surface area contributed by atoms with E-state index < -0.39 is 0 Å². The minimum atomic E-state index is 0.374. The van der Waals surface area contributed by atoms with Crippen LogP contribution in [-0.4, -0.2) is 23.4 Å². The molecule has 17 heavy (non-hydrogen) atoms. The number of piperidine rings is 1. The minimum Gasteiger partial charge on any atom is -0.296 e. The lowest BCUT2D eigenvalue weighted by atomic mass is 9.93. The molecule has 94 valence electrons. The molecule has 1 fully saturated rings. The normalized spacial score (nSPS) is 27.9. The Kier molecular flexibility index (Phi) is 4.47. The summed E-state index contributed by atoms with van der Waals surface area (Å²) in [5, 5.41) is 0.374. The number of nitrogens with zero attached hydrogens (tertiary/aromatic N) is 1. The molecule has 0 spiro atoms. The van der Waals surface area contributed by atoms with E-state index in [1.807, 2.05) is 0 Å². The highest BCUT2D eigenvalue weighted by atomic mass is 35.5. The van der Waals surface area contributed by atoms with Gasteiger partial charge in [-0.25, -0.2) is 0 Å². The van der Waals surface area contributed by atoms with Gasteiger partial charge in [0.05, 0.1) is 0 Å². The van der Waals surface area contributed by atoms with Crippen molar-refractivity contribution in [2.45, 2.75) is 38.1 Å². The number of halogens is 1. The maximum Gasteiger partial charge on any atom is 0.0388 e. The molecule has 1 aliphatic heterocycles. The smallest absolute Gasteiger partial charge is 0.0388 e. The minimum absolute atomic E-state index is 0.374. The molecule has 1 saturated heterocycles. The highest BCUT2D eigenvalue weighted by Crippen LogP contribution is 2.30. The first-order valence-electron chi connectivity index (χ1n) is 6.65. The quantitative estimate of drug-likeness (QED) is 0.732. The van der Waals surface area contributed by atoms with E-state index in [0.29, 0.717) is 17.3 Å². The molecule has 0 saturated carbocycles. The molecule has 0 radical (unpaired) electrons. The number of hydrogen-bond acceptors (Lipinski definition) is 1. The van der Waals surface area contributed by atoms with E-state index in [0.717, 1.165) is 19.5 Å². The van der Waals surface area contributed by atoms with Crippen molar-refractivity contribution >= 4 is 11.6 Å². The molecule has 2 rings (SSSR count). The molecule has 3 atom stereocenters. The lowest BCUT2D eigenvalue weighted by molar-refractivity contribution is 0.132.